The maximum atomic E-state index is 12.7. The van der Waals surface area contributed by atoms with Gasteiger partial charge in [-0.1, -0.05) is 31.0 Å². The van der Waals surface area contributed by atoms with E-state index in [1.807, 2.05) is 19.1 Å². The minimum Gasteiger partial charge on any atom is -0.330 e. The van der Waals surface area contributed by atoms with Crippen LogP contribution >= 0.6 is 0 Å². The first-order chi connectivity index (χ1) is 8.57. The molecular formula is C14H21NO2S. The normalized spacial score (nSPS) is 25.0. The summed E-state index contributed by atoms with van der Waals surface area (Å²) >= 11 is 0. The van der Waals surface area contributed by atoms with Gasteiger partial charge in [0.25, 0.3) is 0 Å². The fourth-order valence-electron chi connectivity index (χ4n) is 2.89. The standard InChI is InChI=1S/C14H21NO2S/c1-11-6-2-4-8-13(11)18(16,17)14-9-5-3-7-12(14)10-15/h2,4,6,8,12,14H,3,5,7,9-10,15H2,1H3. The second kappa shape index (κ2) is 5.41. The van der Waals surface area contributed by atoms with Gasteiger partial charge in [-0.25, -0.2) is 8.42 Å². The molecular weight excluding hydrogens is 246 g/mol. The van der Waals surface area contributed by atoms with E-state index < -0.39 is 9.84 Å². The van der Waals surface area contributed by atoms with E-state index in [1.165, 1.54) is 0 Å². The zero-order chi connectivity index (χ0) is 13.2. The molecule has 3 nitrogen and oxygen atoms in total. The van der Waals surface area contributed by atoms with Crippen molar-refractivity contribution in [3.05, 3.63) is 29.8 Å². The first-order valence-electron chi connectivity index (χ1n) is 6.57. The summed E-state index contributed by atoms with van der Waals surface area (Å²) in [5.74, 6) is 0.114. The Labute approximate surface area is 109 Å². The van der Waals surface area contributed by atoms with Gasteiger partial charge in [0.1, 0.15) is 0 Å². The van der Waals surface area contributed by atoms with E-state index in [0.29, 0.717) is 11.4 Å². The topological polar surface area (TPSA) is 60.2 Å². The Balaban J connectivity index is 2.39. The summed E-state index contributed by atoms with van der Waals surface area (Å²) in [6, 6.07) is 7.23. The van der Waals surface area contributed by atoms with Crippen LogP contribution in [0.5, 0.6) is 0 Å². The second-order valence-corrected chi connectivity index (χ2v) is 7.26. The van der Waals surface area contributed by atoms with E-state index in [1.54, 1.807) is 12.1 Å². The molecule has 2 unspecified atom stereocenters. The number of benzene rings is 1. The molecule has 0 heterocycles. The Morgan fingerprint density at radius 2 is 1.89 bits per heavy atom. The number of aryl methyl sites for hydroxylation is 1. The van der Waals surface area contributed by atoms with Gasteiger partial charge in [-0.2, -0.15) is 0 Å². The summed E-state index contributed by atoms with van der Waals surface area (Å²) in [5, 5.41) is -0.294. The summed E-state index contributed by atoms with van der Waals surface area (Å²) in [7, 11) is -3.23. The van der Waals surface area contributed by atoms with Crippen molar-refractivity contribution in [1.29, 1.82) is 0 Å². The first-order valence-corrected chi connectivity index (χ1v) is 8.11. The molecule has 1 aromatic carbocycles. The third kappa shape index (κ3) is 2.45. The summed E-state index contributed by atoms with van der Waals surface area (Å²) in [4.78, 5) is 0.482. The average Bonchev–Trinajstić information content (AvgIpc) is 2.39. The first kappa shape index (κ1) is 13.6. The highest BCUT2D eigenvalue weighted by molar-refractivity contribution is 7.92. The Bertz CT molecular complexity index is 510. The SMILES string of the molecule is Cc1ccccc1S(=O)(=O)C1CCCCC1CN. The largest absolute Gasteiger partial charge is 0.330 e. The van der Waals surface area contributed by atoms with Crippen molar-refractivity contribution in [1.82, 2.24) is 0 Å². The van der Waals surface area contributed by atoms with E-state index in [4.69, 9.17) is 5.73 Å². The zero-order valence-corrected chi connectivity index (χ0v) is 11.6. The van der Waals surface area contributed by atoms with Gasteiger partial charge in [-0.05, 0) is 43.9 Å². The molecule has 0 aliphatic heterocycles. The average molecular weight is 267 g/mol. The van der Waals surface area contributed by atoms with Crippen molar-refractivity contribution < 1.29 is 8.42 Å². The molecule has 4 heteroatoms. The molecule has 2 atom stereocenters. The van der Waals surface area contributed by atoms with Crippen LogP contribution in [0.1, 0.15) is 31.2 Å². The highest BCUT2D eigenvalue weighted by atomic mass is 32.2. The predicted octanol–water partition coefficient (Wildman–Crippen LogP) is 2.29. The molecule has 18 heavy (non-hydrogen) atoms. The van der Waals surface area contributed by atoms with Crippen LogP contribution in [0.15, 0.2) is 29.2 Å². The van der Waals surface area contributed by atoms with Crippen molar-refractivity contribution in [3.8, 4) is 0 Å². The van der Waals surface area contributed by atoms with Crippen LogP contribution < -0.4 is 5.73 Å². The van der Waals surface area contributed by atoms with Crippen molar-refractivity contribution in [2.45, 2.75) is 42.8 Å². The zero-order valence-electron chi connectivity index (χ0n) is 10.8. The number of hydrogen-bond acceptors (Lipinski definition) is 3. The van der Waals surface area contributed by atoms with Crippen LogP contribution in [0, 0.1) is 12.8 Å². The quantitative estimate of drug-likeness (QED) is 0.914. The van der Waals surface area contributed by atoms with Gasteiger partial charge < -0.3 is 5.73 Å². The van der Waals surface area contributed by atoms with Gasteiger partial charge in [0.2, 0.25) is 0 Å². The Kier molecular flexibility index (Phi) is 4.07. The summed E-state index contributed by atoms with van der Waals surface area (Å²) in [6.45, 7) is 2.32. The van der Waals surface area contributed by atoms with Crippen molar-refractivity contribution in [2.75, 3.05) is 6.54 Å². The van der Waals surface area contributed by atoms with Gasteiger partial charge in [0.05, 0.1) is 10.1 Å². The molecule has 0 amide bonds. The highest BCUT2D eigenvalue weighted by Gasteiger charge is 2.36. The number of sulfone groups is 1. The van der Waals surface area contributed by atoms with Gasteiger partial charge in [-0.3, -0.25) is 0 Å². The van der Waals surface area contributed by atoms with Crippen LogP contribution in [0.3, 0.4) is 0 Å². The maximum Gasteiger partial charge on any atom is 0.181 e. The number of hydrogen-bond donors (Lipinski definition) is 1. The molecule has 0 spiro atoms. The molecule has 0 saturated heterocycles. The lowest BCUT2D eigenvalue weighted by Crippen LogP contribution is -2.37. The van der Waals surface area contributed by atoms with E-state index in [-0.39, 0.29) is 11.2 Å². The highest BCUT2D eigenvalue weighted by Crippen LogP contribution is 2.33. The Morgan fingerprint density at radius 1 is 1.22 bits per heavy atom. The molecule has 1 fully saturated rings. The third-order valence-electron chi connectivity index (χ3n) is 3.94. The van der Waals surface area contributed by atoms with Crippen molar-refractivity contribution in [2.24, 2.45) is 11.7 Å². The van der Waals surface area contributed by atoms with E-state index in [0.717, 1.165) is 31.2 Å². The van der Waals surface area contributed by atoms with Gasteiger partial charge in [-0.15, -0.1) is 0 Å². The Hall–Kier alpha value is -0.870. The molecule has 1 aliphatic carbocycles. The molecule has 100 valence electrons. The summed E-state index contributed by atoms with van der Waals surface area (Å²) < 4.78 is 25.4. The second-order valence-electron chi connectivity index (χ2n) is 5.13. The smallest absolute Gasteiger partial charge is 0.181 e. The molecule has 1 saturated carbocycles. The Morgan fingerprint density at radius 3 is 2.56 bits per heavy atom. The summed E-state index contributed by atoms with van der Waals surface area (Å²) in [6.07, 6.45) is 3.78. The molecule has 2 N–H and O–H groups in total. The third-order valence-corrected chi connectivity index (χ3v) is 6.43. The van der Waals surface area contributed by atoms with Crippen molar-refractivity contribution in [3.63, 3.8) is 0 Å². The van der Waals surface area contributed by atoms with E-state index in [2.05, 4.69) is 0 Å². The van der Waals surface area contributed by atoms with Gasteiger partial charge in [0, 0.05) is 0 Å². The van der Waals surface area contributed by atoms with Crippen LogP contribution in [0.2, 0.25) is 0 Å². The van der Waals surface area contributed by atoms with E-state index in [9.17, 15) is 8.42 Å². The minimum absolute atomic E-state index is 0.114. The lowest BCUT2D eigenvalue weighted by Gasteiger charge is -2.30. The number of rotatable bonds is 3. The van der Waals surface area contributed by atoms with Crippen LogP contribution in [-0.4, -0.2) is 20.2 Å². The fraction of sp³-hybridized carbons (Fsp3) is 0.571. The molecule has 2 rings (SSSR count). The number of nitrogens with two attached hydrogens (primary N) is 1. The predicted molar refractivity (Wildman–Crippen MR) is 73.2 cm³/mol. The van der Waals surface area contributed by atoms with Gasteiger partial charge in [0.15, 0.2) is 9.84 Å². The van der Waals surface area contributed by atoms with E-state index >= 15 is 0 Å². The van der Waals surface area contributed by atoms with Crippen molar-refractivity contribution >= 4 is 9.84 Å². The van der Waals surface area contributed by atoms with Gasteiger partial charge >= 0.3 is 0 Å². The van der Waals surface area contributed by atoms with Crippen LogP contribution in [0.4, 0.5) is 0 Å². The maximum absolute atomic E-state index is 12.7. The molecule has 0 radical (unpaired) electrons. The molecule has 0 bridgehead atoms. The lowest BCUT2D eigenvalue weighted by molar-refractivity contribution is 0.363. The fourth-order valence-corrected chi connectivity index (χ4v) is 5.23. The summed E-state index contributed by atoms with van der Waals surface area (Å²) in [5.41, 5.74) is 6.57. The lowest BCUT2D eigenvalue weighted by atomic mass is 9.89. The molecule has 1 aliphatic rings. The molecule has 0 aromatic heterocycles. The van der Waals surface area contributed by atoms with Crippen LogP contribution in [-0.2, 0) is 9.84 Å². The molecule has 1 aromatic rings. The minimum atomic E-state index is -3.23. The van der Waals surface area contributed by atoms with Crippen LogP contribution in [0.25, 0.3) is 0 Å². The monoisotopic (exact) mass is 267 g/mol.